The number of pyridine rings is 1. The first-order chi connectivity index (χ1) is 8.93. The van der Waals surface area contributed by atoms with E-state index in [-0.39, 0.29) is 6.10 Å². The maximum absolute atomic E-state index is 5.65. The Morgan fingerprint density at radius 1 is 1.39 bits per heavy atom. The van der Waals surface area contributed by atoms with Gasteiger partial charge in [-0.3, -0.25) is 4.98 Å². The molecule has 0 spiro atoms. The fraction of sp³-hybridized carbons (Fsp3) is 0.643. The van der Waals surface area contributed by atoms with Crippen molar-refractivity contribution in [1.82, 2.24) is 10.3 Å². The lowest BCUT2D eigenvalue weighted by Gasteiger charge is -2.28. The monoisotopic (exact) mass is 248 g/mol. The molecular weight excluding hydrogens is 228 g/mol. The molecule has 1 saturated heterocycles. The molecule has 0 saturated carbocycles. The van der Waals surface area contributed by atoms with E-state index in [4.69, 9.17) is 9.47 Å². The highest BCUT2D eigenvalue weighted by Gasteiger charge is 2.22. The van der Waals surface area contributed by atoms with Gasteiger partial charge >= 0.3 is 0 Å². The second-order valence-corrected chi connectivity index (χ2v) is 4.97. The average Bonchev–Trinajstić information content (AvgIpc) is 2.46. The van der Waals surface area contributed by atoms with Gasteiger partial charge in [0.25, 0.3) is 0 Å². The van der Waals surface area contributed by atoms with Gasteiger partial charge in [-0.1, -0.05) is 6.07 Å². The van der Waals surface area contributed by atoms with E-state index >= 15 is 0 Å². The van der Waals surface area contributed by atoms with Gasteiger partial charge in [-0.05, 0) is 30.9 Å². The minimum atomic E-state index is 0.188. The van der Waals surface area contributed by atoms with Gasteiger partial charge in [0.1, 0.15) is 0 Å². The molecule has 1 aliphatic carbocycles. The first-order valence-electron chi connectivity index (χ1n) is 6.80. The van der Waals surface area contributed by atoms with Gasteiger partial charge in [-0.2, -0.15) is 0 Å². The summed E-state index contributed by atoms with van der Waals surface area (Å²) in [5.74, 6) is 0. The van der Waals surface area contributed by atoms with Crippen LogP contribution in [0.3, 0.4) is 0 Å². The standard InChI is InChI=1S/C14H20N2O2/c1-3-11-4-2-6-15-14(11)13(5-1)16-9-12-10-17-7-8-18-12/h2,4,6,12-13,16H,1,3,5,7-10H2. The van der Waals surface area contributed by atoms with Crippen molar-refractivity contribution in [3.8, 4) is 0 Å². The van der Waals surface area contributed by atoms with Crippen LogP contribution in [0.25, 0.3) is 0 Å². The van der Waals surface area contributed by atoms with Crippen molar-refractivity contribution in [1.29, 1.82) is 0 Å². The van der Waals surface area contributed by atoms with Crippen LogP contribution in [0.5, 0.6) is 0 Å². The summed E-state index contributed by atoms with van der Waals surface area (Å²) in [4.78, 5) is 4.53. The number of fused-ring (bicyclic) bond motifs is 1. The number of hydrogen-bond acceptors (Lipinski definition) is 4. The van der Waals surface area contributed by atoms with Crippen molar-refractivity contribution < 1.29 is 9.47 Å². The first-order valence-corrected chi connectivity index (χ1v) is 6.80. The predicted molar refractivity (Wildman–Crippen MR) is 68.5 cm³/mol. The van der Waals surface area contributed by atoms with Crippen LogP contribution < -0.4 is 5.32 Å². The van der Waals surface area contributed by atoms with Crippen molar-refractivity contribution in [2.75, 3.05) is 26.4 Å². The Morgan fingerprint density at radius 2 is 2.39 bits per heavy atom. The molecule has 0 radical (unpaired) electrons. The third-order valence-electron chi connectivity index (χ3n) is 3.67. The van der Waals surface area contributed by atoms with Crippen LogP contribution in [0.4, 0.5) is 0 Å². The number of rotatable bonds is 3. The van der Waals surface area contributed by atoms with Crippen LogP contribution in [0.15, 0.2) is 18.3 Å². The molecule has 2 heterocycles. The third-order valence-corrected chi connectivity index (χ3v) is 3.67. The summed E-state index contributed by atoms with van der Waals surface area (Å²) in [6.07, 6.45) is 5.63. The Morgan fingerprint density at radius 3 is 3.28 bits per heavy atom. The molecule has 18 heavy (non-hydrogen) atoms. The normalized spacial score (nSPS) is 27.8. The molecule has 1 aromatic heterocycles. The van der Waals surface area contributed by atoms with E-state index in [0.29, 0.717) is 19.3 Å². The smallest absolute Gasteiger partial charge is 0.0933 e. The van der Waals surface area contributed by atoms with Crippen molar-refractivity contribution in [2.45, 2.75) is 31.4 Å². The number of nitrogens with zero attached hydrogens (tertiary/aromatic N) is 1. The average molecular weight is 248 g/mol. The van der Waals surface area contributed by atoms with Gasteiger partial charge in [0.05, 0.1) is 31.6 Å². The Kier molecular flexibility index (Phi) is 3.88. The van der Waals surface area contributed by atoms with Crippen molar-refractivity contribution in [3.63, 3.8) is 0 Å². The van der Waals surface area contributed by atoms with E-state index in [9.17, 15) is 0 Å². The van der Waals surface area contributed by atoms with E-state index in [1.165, 1.54) is 17.7 Å². The zero-order chi connectivity index (χ0) is 12.2. The van der Waals surface area contributed by atoms with Crippen LogP contribution in [0.2, 0.25) is 0 Å². The Hall–Kier alpha value is -0.970. The maximum atomic E-state index is 5.65. The number of aromatic nitrogens is 1. The minimum Gasteiger partial charge on any atom is -0.376 e. The molecule has 2 aliphatic rings. The van der Waals surface area contributed by atoms with Gasteiger partial charge in [0, 0.05) is 18.8 Å². The van der Waals surface area contributed by atoms with Crippen molar-refractivity contribution in [2.24, 2.45) is 0 Å². The molecule has 4 nitrogen and oxygen atoms in total. The summed E-state index contributed by atoms with van der Waals surface area (Å²) in [7, 11) is 0. The summed E-state index contributed by atoms with van der Waals surface area (Å²) in [5.41, 5.74) is 2.61. The summed E-state index contributed by atoms with van der Waals surface area (Å²) in [5, 5.41) is 3.58. The van der Waals surface area contributed by atoms with Gasteiger partial charge in [-0.25, -0.2) is 0 Å². The van der Waals surface area contributed by atoms with E-state index < -0.39 is 0 Å². The van der Waals surface area contributed by atoms with Crippen LogP contribution in [-0.4, -0.2) is 37.5 Å². The SMILES string of the molecule is c1cnc2c(c1)CCCC2NCC1COCCO1. The lowest BCUT2D eigenvalue weighted by atomic mass is 9.92. The summed E-state index contributed by atoms with van der Waals surface area (Å²) in [6, 6.07) is 4.59. The fourth-order valence-electron chi connectivity index (χ4n) is 2.74. The highest BCUT2D eigenvalue weighted by atomic mass is 16.6. The second kappa shape index (κ2) is 5.78. The molecule has 1 aromatic rings. The zero-order valence-electron chi connectivity index (χ0n) is 10.6. The van der Waals surface area contributed by atoms with Crippen molar-refractivity contribution >= 4 is 0 Å². The second-order valence-electron chi connectivity index (χ2n) is 4.97. The number of aryl methyl sites for hydroxylation is 1. The first kappa shape index (κ1) is 12.1. The predicted octanol–water partition coefficient (Wildman–Crippen LogP) is 1.46. The molecule has 2 unspecified atom stereocenters. The van der Waals surface area contributed by atoms with E-state index in [1.54, 1.807) is 0 Å². The van der Waals surface area contributed by atoms with Gasteiger partial charge in [-0.15, -0.1) is 0 Å². The van der Waals surface area contributed by atoms with Gasteiger partial charge in [0.2, 0.25) is 0 Å². The largest absolute Gasteiger partial charge is 0.376 e. The van der Waals surface area contributed by atoms with E-state index in [1.807, 2.05) is 12.3 Å². The molecule has 98 valence electrons. The molecule has 0 aromatic carbocycles. The van der Waals surface area contributed by atoms with Crippen LogP contribution in [0.1, 0.15) is 30.1 Å². The number of nitrogens with one attached hydrogen (secondary N) is 1. The lowest BCUT2D eigenvalue weighted by molar-refractivity contribution is -0.0872. The van der Waals surface area contributed by atoms with Crippen LogP contribution in [-0.2, 0) is 15.9 Å². The maximum Gasteiger partial charge on any atom is 0.0933 e. The molecule has 1 N–H and O–H groups in total. The fourth-order valence-corrected chi connectivity index (χ4v) is 2.74. The number of ether oxygens (including phenoxy) is 2. The highest BCUT2D eigenvalue weighted by Crippen LogP contribution is 2.27. The Labute approximate surface area is 108 Å². The highest BCUT2D eigenvalue weighted by molar-refractivity contribution is 5.25. The van der Waals surface area contributed by atoms with Crippen molar-refractivity contribution in [3.05, 3.63) is 29.6 Å². The molecule has 1 fully saturated rings. The van der Waals surface area contributed by atoms with Gasteiger partial charge in [0.15, 0.2) is 0 Å². The zero-order valence-corrected chi connectivity index (χ0v) is 10.6. The minimum absolute atomic E-state index is 0.188. The van der Waals surface area contributed by atoms with E-state index in [2.05, 4.69) is 16.4 Å². The van der Waals surface area contributed by atoms with Crippen LogP contribution in [0, 0.1) is 0 Å². The Bertz CT molecular complexity index is 391. The van der Waals surface area contributed by atoms with Gasteiger partial charge < -0.3 is 14.8 Å². The topological polar surface area (TPSA) is 43.4 Å². The third kappa shape index (κ3) is 2.71. The molecule has 3 rings (SSSR count). The molecule has 4 heteroatoms. The molecular formula is C14H20N2O2. The molecule has 0 amide bonds. The lowest BCUT2D eigenvalue weighted by Crippen LogP contribution is -2.39. The molecule has 1 aliphatic heterocycles. The summed E-state index contributed by atoms with van der Waals surface area (Å²) < 4.78 is 11.1. The van der Waals surface area contributed by atoms with E-state index in [0.717, 1.165) is 26.0 Å². The molecule has 0 bridgehead atoms. The quantitative estimate of drug-likeness (QED) is 0.879. The molecule has 2 atom stereocenters. The summed E-state index contributed by atoms with van der Waals surface area (Å²) >= 11 is 0. The van der Waals surface area contributed by atoms with Crippen LogP contribution >= 0.6 is 0 Å². The number of hydrogen-bond donors (Lipinski definition) is 1. The summed E-state index contributed by atoms with van der Waals surface area (Å²) in [6.45, 7) is 2.99. The Balaban J connectivity index is 1.60.